The van der Waals surface area contributed by atoms with E-state index in [4.69, 9.17) is 5.26 Å². The Morgan fingerprint density at radius 3 is 2.89 bits per heavy atom. The van der Waals surface area contributed by atoms with Crippen LogP contribution in [-0.4, -0.2) is 18.9 Å². The van der Waals surface area contributed by atoms with Crippen molar-refractivity contribution in [3.8, 4) is 6.07 Å². The Morgan fingerprint density at radius 1 is 1.56 bits per heavy atom. The smallest absolute Gasteiger partial charge is 0.235 e. The molecule has 1 aromatic rings. The van der Waals surface area contributed by atoms with E-state index in [9.17, 15) is 9.59 Å². The highest BCUT2D eigenvalue weighted by atomic mass is 16.2. The molecule has 0 aromatic heterocycles. The lowest BCUT2D eigenvalue weighted by Crippen LogP contribution is -2.23. The summed E-state index contributed by atoms with van der Waals surface area (Å²) in [4.78, 5) is 24.5. The zero-order chi connectivity index (χ0) is 13.3. The number of nitriles is 1. The molecule has 92 valence electrons. The van der Waals surface area contributed by atoms with Gasteiger partial charge in [-0.15, -0.1) is 0 Å². The zero-order valence-electron chi connectivity index (χ0n) is 10.2. The molecule has 0 aliphatic carbocycles. The quantitative estimate of drug-likeness (QED) is 0.857. The third-order valence-corrected chi connectivity index (χ3v) is 3.01. The number of hydrogen-bond acceptors (Lipinski definition) is 3. The molecule has 0 radical (unpaired) electrons. The van der Waals surface area contributed by atoms with Crippen LogP contribution in [-0.2, 0) is 9.59 Å². The van der Waals surface area contributed by atoms with Crippen LogP contribution < -0.4 is 10.2 Å². The van der Waals surface area contributed by atoms with Crippen LogP contribution in [0.3, 0.4) is 0 Å². The second kappa shape index (κ2) is 4.49. The van der Waals surface area contributed by atoms with Gasteiger partial charge in [0.2, 0.25) is 11.8 Å². The maximum Gasteiger partial charge on any atom is 0.235 e. The second-order valence-corrected chi connectivity index (χ2v) is 4.27. The fraction of sp³-hybridized carbons (Fsp3) is 0.308. The van der Waals surface area contributed by atoms with Gasteiger partial charge in [0.1, 0.15) is 0 Å². The van der Waals surface area contributed by atoms with E-state index in [0.29, 0.717) is 5.69 Å². The van der Waals surface area contributed by atoms with E-state index in [2.05, 4.69) is 5.32 Å². The molecule has 0 fully saturated rings. The first-order valence-electron chi connectivity index (χ1n) is 5.60. The lowest BCUT2D eigenvalue weighted by molar-refractivity contribution is -0.119. The summed E-state index contributed by atoms with van der Waals surface area (Å²) in [5.74, 6) is -0.667. The number of benzene rings is 1. The SMILES string of the molecule is CC(=O)Nc1ccc2c(c1)C(CC#N)C(=O)N2C. The average Bonchev–Trinajstić information content (AvgIpc) is 2.54. The van der Waals surface area contributed by atoms with Crippen molar-refractivity contribution in [3.05, 3.63) is 23.8 Å². The molecule has 0 saturated heterocycles. The third-order valence-electron chi connectivity index (χ3n) is 3.01. The fourth-order valence-electron chi connectivity index (χ4n) is 2.19. The first-order valence-corrected chi connectivity index (χ1v) is 5.60. The van der Waals surface area contributed by atoms with E-state index in [-0.39, 0.29) is 18.2 Å². The number of anilines is 2. The van der Waals surface area contributed by atoms with Crippen LogP contribution in [0, 0.1) is 11.3 Å². The lowest BCUT2D eigenvalue weighted by Gasteiger charge is -2.10. The van der Waals surface area contributed by atoms with E-state index < -0.39 is 5.92 Å². The van der Waals surface area contributed by atoms with Crippen LogP contribution in [0.2, 0.25) is 0 Å². The molecule has 1 aromatic carbocycles. The minimum absolute atomic E-state index is 0.0773. The molecule has 1 aliphatic rings. The van der Waals surface area contributed by atoms with E-state index in [1.54, 1.807) is 30.1 Å². The Kier molecular flexibility index (Phi) is 3.02. The van der Waals surface area contributed by atoms with Gasteiger partial charge in [-0.25, -0.2) is 0 Å². The minimum Gasteiger partial charge on any atom is -0.326 e. The number of fused-ring (bicyclic) bond motifs is 1. The van der Waals surface area contributed by atoms with E-state index >= 15 is 0 Å². The van der Waals surface area contributed by atoms with Crippen molar-refractivity contribution in [2.24, 2.45) is 0 Å². The van der Waals surface area contributed by atoms with Crippen molar-refractivity contribution in [2.75, 3.05) is 17.3 Å². The van der Waals surface area contributed by atoms with Gasteiger partial charge in [0.15, 0.2) is 0 Å². The number of rotatable bonds is 2. The average molecular weight is 243 g/mol. The lowest BCUT2D eigenvalue weighted by atomic mass is 9.97. The third kappa shape index (κ3) is 1.93. The minimum atomic E-state index is -0.427. The predicted molar refractivity (Wildman–Crippen MR) is 67.1 cm³/mol. The van der Waals surface area contributed by atoms with Gasteiger partial charge in [0.25, 0.3) is 0 Å². The molecule has 5 heteroatoms. The summed E-state index contributed by atoms with van der Waals surface area (Å²) < 4.78 is 0. The predicted octanol–water partition coefficient (Wildman–Crippen LogP) is 1.62. The standard InChI is InChI=1S/C13H13N3O2/c1-8(17)15-9-3-4-12-11(7-9)10(5-6-14)13(18)16(12)2/h3-4,7,10H,5H2,1-2H3,(H,15,17). The van der Waals surface area contributed by atoms with Gasteiger partial charge >= 0.3 is 0 Å². The topological polar surface area (TPSA) is 73.2 Å². The van der Waals surface area contributed by atoms with Crippen molar-refractivity contribution in [3.63, 3.8) is 0 Å². The summed E-state index contributed by atoms with van der Waals surface area (Å²) in [5, 5.41) is 11.5. The van der Waals surface area contributed by atoms with E-state index in [1.807, 2.05) is 6.07 Å². The Balaban J connectivity index is 2.42. The van der Waals surface area contributed by atoms with Crippen LogP contribution >= 0.6 is 0 Å². The maximum atomic E-state index is 12.0. The summed E-state index contributed by atoms with van der Waals surface area (Å²) in [6.07, 6.45) is 0.152. The first kappa shape index (κ1) is 12.1. The van der Waals surface area contributed by atoms with E-state index in [1.165, 1.54) is 6.92 Å². The van der Waals surface area contributed by atoms with Crippen molar-refractivity contribution < 1.29 is 9.59 Å². The van der Waals surface area contributed by atoms with Crippen LogP contribution in [0.4, 0.5) is 11.4 Å². The van der Waals surface area contributed by atoms with Gasteiger partial charge in [-0.05, 0) is 23.8 Å². The highest BCUT2D eigenvalue weighted by Gasteiger charge is 2.34. The van der Waals surface area contributed by atoms with Gasteiger partial charge in [-0.1, -0.05) is 0 Å². The Labute approximate surface area is 105 Å². The number of carbonyl (C=O) groups excluding carboxylic acids is 2. The van der Waals surface area contributed by atoms with Crippen molar-refractivity contribution >= 4 is 23.2 Å². The van der Waals surface area contributed by atoms with Gasteiger partial charge in [-0.3, -0.25) is 9.59 Å². The van der Waals surface area contributed by atoms with Crippen LogP contribution in [0.1, 0.15) is 24.8 Å². The molecular weight excluding hydrogens is 230 g/mol. The van der Waals surface area contributed by atoms with E-state index in [0.717, 1.165) is 11.3 Å². The highest BCUT2D eigenvalue weighted by Crippen LogP contribution is 2.39. The monoisotopic (exact) mass is 243 g/mol. The number of nitrogens with zero attached hydrogens (tertiary/aromatic N) is 2. The Hall–Kier alpha value is -2.35. The molecule has 0 spiro atoms. The van der Waals surface area contributed by atoms with Gasteiger partial charge in [0, 0.05) is 25.3 Å². The number of nitrogens with one attached hydrogen (secondary N) is 1. The first-order chi connectivity index (χ1) is 8.54. The molecule has 1 atom stereocenters. The number of carbonyl (C=O) groups is 2. The molecular formula is C13H13N3O2. The molecule has 1 heterocycles. The summed E-state index contributed by atoms with van der Waals surface area (Å²) in [5.41, 5.74) is 2.25. The van der Waals surface area contributed by atoms with Crippen molar-refractivity contribution in [1.29, 1.82) is 5.26 Å². The fourth-order valence-corrected chi connectivity index (χ4v) is 2.19. The molecule has 0 bridgehead atoms. The van der Waals surface area contributed by atoms with Crippen LogP contribution in [0.5, 0.6) is 0 Å². The molecule has 5 nitrogen and oxygen atoms in total. The number of hydrogen-bond donors (Lipinski definition) is 1. The van der Waals surface area contributed by atoms with Crippen molar-refractivity contribution in [2.45, 2.75) is 19.3 Å². The van der Waals surface area contributed by atoms with Gasteiger partial charge < -0.3 is 10.2 Å². The summed E-state index contributed by atoms with van der Waals surface area (Å²) in [6, 6.07) is 7.33. The van der Waals surface area contributed by atoms with Crippen LogP contribution in [0.25, 0.3) is 0 Å². The Morgan fingerprint density at radius 2 is 2.28 bits per heavy atom. The summed E-state index contributed by atoms with van der Waals surface area (Å²) >= 11 is 0. The zero-order valence-corrected chi connectivity index (χ0v) is 10.2. The van der Waals surface area contributed by atoms with Gasteiger partial charge in [0.05, 0.1) is 18.4 Å². The number of likely N-dealkylation sites (N-methyl/N-ethyl adjacent to an activating group) is 1. The molecule has 1 aliphatic heterocycles. The second-order valence-electron chi connectivity index (χ2n) is 4.27. The number of amides is 2. The molecule has 1 N–H and O–H groups in total. The largest absolute Gasteiger partial charge is 0.326 e. The van der Waals surface area contributed by atoms with Crippen molar-refractivity contribution in [1.82, 2.24) is 0 Å². The normalized spacial score (nSPS) is 17.3. The highest BCUT2D eigenvalue weighted by molar-refractivity contribution is 6.05. The van der Waals surface area contributed by atoms with Crippen LogP contribution in [0.15, 0.2) is 18.2 Å². The molecule has 2 rings (SSSR count). The van der Waals surface area contributed by atoms with Gasteiger partial charge in [-0.2, -0.15) is 5.26 Å². The molecule has 0 saturated carbocycles. The molecule has 2 amide bonds. The summed E-state index contributed by atoms with van der Waals surface area (Å²) in [6.45, 7) is 1.43. The maximum absolute atomic E-state index is 12.0. The summed E-state index contributed by atoms with van der Waals surface area (Å²) in [7, 11) is 1.69. The molecule has 18 heavy (non-hydrogen) atoms. The molecule has 1 unspecified atom stereocenters. The Bertz CT molecular complexity index is 560.